The van der Waals surface area contributed by atoms with E-state index < -0.39 is 0 Å². The van der Waals surface area contributed by atoms with Crippen molar-refractivity contribution in [2.45, 2.75) is 77.4 Å². The first-order chi connectivity index (χ1) is 18.8. The van der Waals surface area contributed by atoms with E-state index in [0.717, 1.165) is 62.0 Å². The lowest BCUT2D eigenvalue weighted by molar-refractivity contribution is -0.136. The number of hydrogen-bond acceptors (Lipinski definition) is 5. The number of fused-ring (bicyclic) bond motifs is 1. The fourth-order valence-electron chi connectivity index (χ4n) is 5.83. The highest BCUT2D eigenvalue weighted by Gasteiger charge is 2.32. The van der Waals surface area contributed by atoms with Crippen LogP contribution in [0.5, 0.6) is 0 Å². The van der Waals surface area contributed by atoms with Crippen LogP contribution in [0.2, 0.25) is 0 Å². The number of amides is 2. The molecule has 0 atom stereocenters. The van der Waals surface area contributed by atoms with Crippen LogP contribution >= 0.6 is 0 Å². The molecule has 9 heteroatoms. The summed E-state index contributed by atoms with van der Waals surface area (Å²) in [5, 5.41) is 2.98. The van der Waals surface area contributed by atoms with Crippen molar-refractivity contribution in [1.29, 1.82) is 0 Å². The van der Waals surface area contributed by atoms with Gasteiger partial charge in [-0.1, -0.05) is 6.42 Å². The zero-order valence-corrected chi connectivity index (χ0v) is 23.2. The second-order valence-corrected chi connectivity index (χ2v) is 11.3. The first kappa shape index (κ1) is 27.2. The van der Waals surface area contributed by atoms with E-state index in [1.54, 1.807) is 6.20 Å². The highest BCUT2D eigenvalue weighted by molar-refractivity contribution is 6.04. The van der Waals surface area contributed by atoms with E-state index in [0.29, 0.717) is 11.5 Å². The minimum Gasteiger partial charge on any atom is -0.343 e. The molecule has 1 aromatic carbocycles. The van der Waals surface area contributed by atoms with Gasteiger partial charge in [0.25, 0.3) is 5.91 Å². The fraction of sp³-hybridized carbons (Fsp3) is 0.533. The van der Waals surface area contributed by atoms with Crippen LogP contribution in [0.3, 0.4) is 0 Å². The maximum absolute atomic E-state index is 13.4. The van der Waals surface area contributed by atoms with Gasteiger partial charge in [0.1, 0.15) is 11.3 Å². The number of carbonyl (C=O) groups is 2. The molecule has 208 valence electrons. The Balaban J connectivity index is 1.43. The third kappa shape index (κ3) is 6.13. The summed E-state index contributed by atoms with van der Waals surface area (Å²) in [5.74, 6) is -0.0462. The zero-order valence-electron chi connectivity index (χ0n) is 23.2. The van der Waals surface area contributed by atoms with Gasteiger partial charge in [-0.25, -0.2) is 9.37 Å². The average molecular weight is 535 g/mol. The topological polar surface area (TPSA) is 83.4 Å². The van der Waals surface area contributed by atoms with Gasteiger partial charge in [0.15, 0.2) is 0 Å². The fourth-order valence-corrected chi connectivity index (χ4v) is 5.83. The number of nitrogens with one attached hydrogen (secondary N) is 1. The van der Waals surface area contributed by atoms with Crippen molar-refractivity contribution in [3.05, 3.63) is 53.6 Å². The molecule has 0 unspecified atom stereocenters. The number of benzene rings is 1. The van der Waals surface area contributed by atoms with E-state index in [4.69, 9.17) is 9.97 Å². The number of rotatable bonds is 7. The molecular weight excluding hydrogens is 495 g/mol. The molecule has 8 nitrogen and oxygen atoms in total. The molecule has 3 heterocycles. The number of carbonyl (C=O) groups excluding carboxylic acids is 2. The van der Waals surface area contributed by atoms with Crippen LogP contribution in [0.15, 0.2) is 36.5 Å². The summed E-state index contributed by atoms with van der Waals surface area (Å²) >= 11 is 0. The lowest BCUT2D eigenvalue weighted by Crippen LogP contribution is -2.39. The standard InChI is InChI=1S/C30H39FN6O2/c1-20(2)35(3)29(39)22-9-13-25(14-10-22)37-27-17-24(19-36-15-5-4-6-16-36)32-18-26(27)33-30(37)34-28(38)21-7-11-23(31)12-8-21/h7-8,11-12,17-18,20,22,25H,4-6,9-10,13-16,19H2,1-3H3,(H,33,34,38). The summed E-state index contributed by atoms with van der Waals surface area (Å²) < 4.78 is 15.6. The van der Waals surface area contributed by atoms with Crippen molar-refractivity contribution < 1.29 is 14.0 Å². The normalized spacial score (nSPS) is 20.3. The van der Waals surface area contributed by atoms with Crippen molar-refractivity contribution in [2.75, 3.05) is 25.5 Å². The van der Waals surface area contributed by atoms with E-state index in [9.17, 15) is 14.0 Å². The van der Waals surface area contributed by atoms with Gasteiger partial charge in [0, 0.05) is 37.2 Å². The number of imidazole rings is 1. The molecule has 3 aromatic rings. The largest absolute Gasteiger partial charge is 0.343 e. The van der Waals surface area contributed by atoms with Crippen molar-refractivity contribution in [3.63, 3.8) is 0 Å². The number of halogens is 1. The number of pyridine rings is 1. The molecule has 1 N–H and O–H groups in total. The maximum Gasteiger partial charge on any atom is 0.257 e. The summed E-state index contributed by atoms with van der Waals surface area (Å²) in [5.41, 5.74) is 3.03. The molecule has 2 aromatic heterocycles. The van der Waals surface area contributed by atoms with E-state index in [-0.39, 0.29) is 35.6 Å². The molecule has 0 bridgehead atoms. The number of likely N-dealkylation sites (tertiary alicyclic amines) is 1. The number of hydrogen-bond donors (Lipinski definition) is 1. The van der Waals surface area contributed by atoms with Gasteiger partial charge in [0.05, 0.1) is 17.4 Å². The van der Waals surface area contributed by atoms with Crippen LogP contribution < -0.4 is 5.32 Å². The molecule has 0 radical (unpaired) electrons. The third-order valence-corrected chi connectivity index (χ3v) is 8.33. The highest BCUT2D eigenvalue weighted by Crippen LogP contribution is 2.37. The Bertz CT molecular complexity index is 1310. The summed E-state index contributed by atoms with van der Waals surface area (Å²) in [6.45, 7) is 7.03. The van der Waals surface area contributed by atoms with Crippen molar-refractivity contribution in [1.82, 2.24) is 24.3 Å². The Labute approximate surface area is 229 Å². The summed E-state index contributed by atoms with van der Waals surface area (Å²) in [6, 6.07) is 7.87. The molecule has 5 rings (SSSR count). The number of anilines is 1. The monoisotopic (exact) mass is 534 g/mol. The second kappa shape index (κ2) is 11.8. The van der Waals surface area contributed by atoms with Crippen LogP contribution in [0.1, 0.15) is 80.9 Å². The van der Waals surface area contributed by atoms with E-state index in [2.05, 4.69) is 20.9 Å². The van der Waals surface area contributed by atoms with Gasteiger partial charge in [0.2, 0.25) is 11.9 Å². The van der Waals surface area contributed by atoms with Crippen molar-refractivity contribution in [2.24, 2.45) is 5.92 Å². The molecule has 1 aliphatic carbocycles. The molecule has 1 saturated heterocycles. The SMILES string of the molecule is CC(C)N(C)C(=O)C1CCC(n2c(NC(=O)c3ccc(F)cc3)nc3cnc(CN4CCCCC4)cc32)CC1. The molecule has 1 aliphatic heterocycles. The van der Waals surface area contributed by atoms with Crippen LogP contribution in [0, 0.1) is 11.7 Å². The van der Waals surface area contributed by atoms with Gasteiger partial charge >= 0.3 is 0 Å². The average Bonchev–Trinajstić information content (AvgIpc) is 3.30. The van der Waals surface area contributed by atoms with Crippen LogP contribution in [0.25, 0.3) is 11.0 Å². The highest BCUT2D eigenvalue weighted by atomic mass is 19.1. The number of piperidine rings is 1. The first-order valence-corrected chi connectivity index (χ1v) is 14.2. The molecule has 39 heavy (non-hydrogen) atoms. The maximum atomic E-state index is 13.4. The Morgan fingerprint density at radius 1 is 1.08 bits per heavy atom. The summed E-state index contributed by atoms with van der Waals surface area (Å²) in [6.07, 6.45) is 8.72. The van der Waals surface area contributed by atoms with E-state index in [1.807, 2.05) is 25.8 Å². The summed E-state index contributed by atoms with van der Waals surface area (Å²) in [4.78, 5) is 39.8. The molecule has 0 spiro atoms. The lowest BCUT2D eigenvalue weighted by Gasteiger charge is -2.33. The minimum absolute atomic E-state index is 0.0111. The van der Waals surface area contributed by atoms with Gasteiger partial charge in [-0.3, -0.25) is 24.8 Å². The smallest absolute Gasteiger partial charge is 0.257 e. The Kier molecular flexibility index (Phi) is 8.26. The van der Waals surface area contributed by atoms with Gasteiger partial charge in [-0.05, 0) is 95.8 Å². The Hall–Kier alpha value is -3.33. The van der Waals surface area contributed by atoms with Crippen LogP contribution in [0.4, 0.5) is 10.3 Å². The van der Waals surface area contributed by atoms with E-state index >= 15 is 0 Å². The third-order valence-electron chi connectivity index (χ3n) is 8.33. The summed E-state index contributed by atoms with van der Waals surface area (Å²) in [7, 11) is 1.88. The Morgan fingerprint density at radius 2 is 1.77 bits per heavy atom. The quantitative estimate of drug-likeness (QED) is 0.439. The molecule has 1 saturated carbocycles. The van der Waals surface area contributed by atoms with E-state index in [1.165, 1.54) is 43.5 Å². The molecule has 2 aliphatic rings. The van der Waals surface area contributed by atoms with Crippen LogP contribution in [-0.2, 0) is 11.3 Å². The lowest BCUT2D eigenvalue weighted by atomic mass is 9.84. The first-order valence-electron chi connectivity index (χ1n) is 14.2. The van der Waals surface area contributed by atoms with Gasteiger partial charge < -0.3 is 9.47 Å². The molecular formula is C30H39FN6O2. The van der Waals surface area contributed by atoms with Gasteiger partial charge in [-0.15, -0.1) is 0 Å². The van der Waals surface area contributed by atoms with Gasteiger partial charge in [-0.2, -0.15) is 0 Å². The molecule has 2 fully saturated rings. The minimum atomic E-state index is -0.388. The number of nitrogens with zero attached hydrogens (tertiary/aromatic N) is 5. The second-order valence-electron chi connectivity index (χ2n) is 11.3. The predicted molar refractivity (Wildman–Crippen MR) is 150 cm³/mol. The zero-order chi connectivity index (χ0) is 27.5. The van der Waals surface area contributed by atoms with Crippen LogP contribution in [-0.4, -0.2) is 62.3 Å². The molecule has 2 amide bonds. The van der Waals surface area contributed by atoms with Crippen molar-refractivity contribution in [3.8, 4) is 0 Å². The predicted octanol–water partition coefficient (Wildman–Crippen LogP) is 5.41. The van der Waals surface area contributed by atoms with Crippen molar-refractivity contribution >= 4 is 28.8 Å². The Morgan fingerprint density at radius 3 is 2.44 bits per heavy atom. The number of aromatic nitrogens is 3.